The van der Waals surface area contributed by atoms with Crippen LogP contribution in [0.2, 0.25) is 0 Å². The highest BCUT2D eigenvalue weighted by atomic mass is 32.2. The lowest BCUT2D eigenvalue weighted by molar-refractivity contribution is 0.102. The summed E-state index contributed by atoms with van der Waals surface area (Å²) in [4.78, 5) is 12.9. The van der Waals surface area contributed by atoms with Gasteiger partial charge in [0.05, 0.1) is 11.9 Å². The van der Waals surface area contributed by atoms with E-state index >= 15 is 0 Å². The van der Waals surface area contributed by atoms with Gasteiger partial charge in [0.2, 0.25) is 10.0 Å². The molecule has 0 unspecified atom stereocenters. The quantitative estimate of drug-likeness (QED) is 0.429. The number of phenolic OH excluding ortho intramolecular Hbond substituents is 1. The first-order valence-electron chi connectivity index (χ1n) is 9.17. The van der Waals surface area contributed by atoms with Gasteiger partial charge in [-0.3, -0.25) is 9.10 Å². The van der Waals surface area contributed by atoms with E-state index in [1.807, 2.05) is 13.8 Å². The van der Waals surface area contributed by atoms with Crippen LogP contribution in [-0.4, -0.2) is 38.4 Å². The summed E-state index contributed by atoms with van der Waals surface area (Å²) in [7, 11) is -3.58. The summed E-state index contributed by atoms with van der Waals surface area (Å²) < 4.78 is 26.1. The number of benzene rings is 2. The van der Waals surface area contributed by atoms with Gasteiger partial charge in [-0.1, -0.05) is 13.8 Å². The zero-order valence-electron chi connectivity index (χ0n) is 16.9. The summed E-state index contributed by atoms with van der Waals surface area (Å²) in [6.07, 6.45) is 3.56. The Kier molecular flexibility index (Phi) is 5.34. The predicted molar refractivity (Wildman–Crippen MR) is 119 cm³/mol. The Balaban J connectivity index is 2.17. The lowest BCUT2D eigenvalue weighted by Gasteiger charge is -2.21. The smallest absolute Gasteiger partial charge is 0.255 e. The van der Waals surface area contributed by atoms with Crippen LogP contribution in [0.1, 0.15) is 35.3 Å². The minimum Gasteiger partial charge on any atom is -0.508 e. The highest BCUT2D eigenvalue weighted by Gasteiger charge is 2.41. The molecule has 8 nitrogen and oxygen atoms in total. The summed E-state index contributed by atoms with van der Waals surface area (Å²) >= 11 is 0. The summed E-state index contributed by atoms with van der Waals surface area (Å²) in [5, 5.41) is 19.5. The third-order valence-corrected chi connectivity index (χ3v) is 6.09. The molecule has 2 aromatic rings. The number of carbonyl (C=O) groups excluding carboxylic acids is 1. The summed E-state index contributed by atoms with van der Waals surface area (Å²) in [5.41, 5.74) is 8.23. The van der Waals surface area contributed by atoms with Crippen molar-refractivity contribution in [2.45, 2.75) is 19.3 Å². The molecule has 0 spiro atoms. The average molecular weight is 429 g/mol. The number of carbonyl (C=O) groups is 1. The first kappa shape index (κ1) is 21.4. The van der Waals surface area contributed by atoms with Crippen molar-refractivity contribution in [3.05, 3.63) is 59.2 Å². The van der Waals surface area contributed by atoms with Crippen LogP contribution < -0.4 is 15.4 Å². The van der Waals surface area contributed by atoms with Gasteiger partial charge in [0.25, 0.3) is 5.91 Å². The van der Waals surface area contributed by atoms with Crippen LogP contribution in [0.15, 0.2) is 42.5 Å². The maximum absolute atomic E-state index is 12.9. The maximum Gasteiger partial charge on any atom is 0.255 e. The van der Waals surface area contributed by atoms with Crippen LogP contribution in [0.4, 0.5) is 11.4 Å². The number of hydrogen-bond acceptors (Lipinski definition) is 6. The van der Waals surface area contributed by atoms with Gasteiger partial charge in [-0.2, -0.15) is 0 Å². The third kappa shape index (κ3) is 4.02. The van der Waals surface area contributed by atoms with E-state index in [9.17, 15) is 18.3 Å². The number of hydrogen-bond donors (Lipinski definition) is 4. The van der Waals surface area contributed by atoms with Crippen LogP contribution in [0.3, 0.4) is 0 Å². The van der Waals surface area contributed by atoms with Crippen molar-refractivity contribution in [2.24, 2.45) is 5.73 Å². The van der Waals surface area contributed by atoms with Crippen molar-refractivity contribution in [3.8, 4) is 5.75 Å². The number of rotatable bonds is 5. The van der Waals surface area contributed by atoms with E-state index in [2.05, 4.69) is 5.32 Å². The molecule has 0 fully saturated rings. The molecule has 1 aliphatic rings. The molecule has 5 N–H and O–H groups in total. The summed E-state index contributed by atoms with van der Waals surface area (Å²) in [5.74, 6) is -0.381. The average Bonchev–Trinajstić information content (AvgIpc) is 2.94. The molecule has 0 radical (unpaired) electrons. The third-order valence-electron chi connectivity index (χ3n) is 4.96. The number of sulfonamides is 1. The van der Waals surface area contributed by atoms with Crippen LogP contribution in [-0.2, 0) is 15.4 Å². The van der Waals surface area contributed by atoms with Crippen LogP contribution in [0.5, 0.6) is 5.75 Å². The van der Waals surface area contributed by atoms with Gasteiger partial charge in [-0.15, -0.1) is 0 Å². The largest absolute Gasteiger partial charge is 0.508 e. The number of aromatic hydroxyl groups is 1. The second kappa shape index (κ2) is 7.49. The molecule has 3 rings (SSSR count). The molecule has 2 aromatic carbocycles. The second-order valence-corrected chi connectivity index (χ2v) is 9.77. The SMILES string of the molecule is CC1(C)CN(S(C)(=O)=O)c2cc(C(=O)Nc3ccc(O)cc3)cc(/C(N)=C/C=N)c21. The van der Waals surface area contributed by atoms with Gasteiger partial charge in [0, 0.05) is 40.7 Å². The van der Waals surface area contributed by atoms with E-state index in [-0.39, 0.29) is 23.6 Å². The Morgan fingerprint density at radius 2 is 1.90 bits per heavy atom. The van der Waals surface area contributed by atoms with Gasteiger partial charge in [0.1, 0.15) is 5.75 Å². The first-order valence-corrected chi connectivity index (χ1v) is 11.0. The Labute approximate surface area is 175 Å². The first-order chi connectivity index (χ1) is 13.9. The fourth-order valence-corrected chi connectivity index (χ4v) is 4.70. The van der Waals surface area contributed by atoms with Gasteiger partial charge >= 0.3 is 0 Å². The number of amides is 1. The van der Waals surface area contributed by atoms with E-state index in [4.69, 9.17) is 11.1 Å². The monoisotopic (exact) mass is 428 g/mol. The van der Waals surface area contributed by atoms with Gasteiger partial charge in [0.15, 0.2) is 0 Å². The Morgan fingerprint density at radius 3 is 2.47 bits per heavy atom. The van der Waals surface area contributed by atoms with Gasteiger partial charge < -0.3 is 21.6 Å². The van der Waals surface area contributed by atoms with Crippen LogP contribution in [0.25, 0.3) is 5.70 Å². The van der Waals surface area contributed by atoms with Crippen molar-refractivity contribution in [3.63, 3.8) is 0 Å². The molecule has 1 amide bonds. The van der Waals surface area contributed by atoms with Crippen molar-refractivity contribution < 1.29 is 18.3 Å². The fraction of sp³-hybridized carbons (Fsp3) is 0.238. The van der Waals surface area contributed by atoms with Gasteiger partial charge in [-0.05, 0) is 48.0 Å². The number of nitrogens with one attached hydrogen (secondary N) is 2. The lowest BCUT2D eigenvalue weighted by atomic mass is 9.82. The Bertz CT molecular complexity index is 1150. The van der Waals surface area contributed by atoms with E-state index in [0.29, 0.717) is 22.5 Å². The van der Waals surface area contributed by atoms with E-state index in [0.717, 1.165) is 12.5 Å². The minimum absolute atomic E-state index is 0.0726. The number of nitrogens with two attached hydrogens (primary N) is 1. The molecule has 0 atom stereocenters. The second-order valence-electron chi connectivity index (χ2n) is 7.86. The van der Waals surface area contributed by atoms with Gasteiger partial charge in [-0.25, -0.2) is 8.42 Å². The standard InChI is InChI=1S/C21H24N4O4S/c1-21(2)12-25(30(3,28)29)18-11-13(10-16(19(18)21)17(23)8-9-22)20(27)24-14-4-6-15(26)7-5-14/h4-11,22,26H,12,23H2,1-3H3,(H,24,27)/b17-8-,22-9?. The van der Waals surface area contributed by atoms with Crippen LogP contribution >= 0.6 is 0 Å². The molecule has 1 aliphatic heterocycles. The number of allylic oxidation sites excluding steroid dienone is 1. The molecule has 1 heterocycles. The number of nitrogens with zero attached hydrogens (tertiary/aromatic N) is 1. The normalized spacial score (nSPS) is 15.6. The molecule has 0 aliphatic carbocycles. The fourth-order valence-electron chi connectivity index (χ4n) is 3.64. The molecule has 0 saturated carbocycles. The minimum atomic E-state index is -3.58. The molecule has 158 valence electrons. The van der Waals surface area contributed by atoms with Crippen molar-refractivity contribution >= 4 is 39.2 Å². The highest BCUT2D eigenvalue weighted by Crippen LogP contribution is 2.45. The maximum atomic E-state index is 12.9. The molecule has 30 heavy (non-hydrogen) atoms. The molecule has 0 aromatic heterocycles. The van der Waals surface area contributed by atoms with Crippen molar-refractivity contribution in [2.75, 3.05) is 22.4 Å². The number of phenols is 1. The zero-order chi connectivity index (χ0) is 22.3. The van der Waals surface area contributed by atoms with E-state index in [1.165, 1.54) is 22.5 Å². The number of fused-ring (bicyclic) bond motifs is 1. The topological polar surface area (TPSA) is 137 Å². The Morgan fingerprint density at radius 1 is 1.27 bits per heavy atom. The molecular formula is C21H24N4O4S. The summed E-state index contributed by atoms with van der Waals surface area (Å²) in [6, 6.07) is 9.15. The van der Waals surface area contributed by atoms with Crippen molar-refractivity contribution in [1.82, 2.24) is 0 Å². The molecule has 0 bridgehead atoms. The predicted octanol–water partition coefficient (Wildman–Crippen LogP) is 2.65. The van der Waals surface area contributed by atoms with Crippen molar-refractivity contribution in [1.29, 1.82) is 5.41 Å². The van der Waals surface area contributed by atoms with Crippen LogP contribution in [0, 0.1) is 5.41 Å². The van der Waals surface area contributed by atoms with E-state index < -0.39 is 21.3 Å². The number of anilines is 2. The lowest BCUT2D eigenvalue weighted by Crippen LogP contribution is -2.33. The molecular weight excluding hydrogens is 404 g/mol. The molecule has 0 saturated heterocycles. The highest BCUT2D eigenvalue weighted by molar-refractivity contribution is 7.92. The van der Waals surface area contributed by atoms with E-state index in [1.54, 1.807) is 24.3 Å². The summed E-state index contributed by atoms with van der Waals surface area (Å²) in [6.45, 7) is 4.04. The molecule has 9 heteroatoms. The Hall–Kier alpha value is -3.33. The zero-order valence-corrected chi connectivity index (χ0v) is 17.7.